The van der Waals surface area contributed by atoms with E-state index in [0.29, 0.717) is 18.0 Å². The molecular formula is C13H16BrClN2O. The lowest BCUT2D eigenvalue weighted by Crippen LogP contribution is -2.46. The van der Waals surface area contributed by atoms with Gasteiger partial charge in [0.25, 0.3) is 0 Å². The van der Waals surface area contributed by atoms with Crippen molar-refractivity contribution in [3.63, 3.8) is 0 Å². The van der Waals surface area contributed by atoms with Crippen molar-refractivity contribution >= 4 is 33.4 Å². The molecular weight excluding hydrogens is 316 g/mol. The monoisotopic (exact) mass is 330 g/mol. The molecule has 0 aromatic heterocycles. The Labute approximate surface area is 120 Å². The van der Waals surface area contributed by atoms with Crippen LogP contribution in [0.5, 0.6) is 0 Å². The minimum absolute atomic E-state index is 0.122. The first kappa shape index (κ1) is 13.8. The number of amides is 1. The number of nitrogens with two attached hydrogens (primary N) is 1. The van der Waals surface area contributed by atoms with Crippen LogP contribution in [0.15, 0.2) is 22.7 Å². The van der Waals surface area contributed by atoms with Crippen LogP contribution in [0, 0.1) is 0 Å². The third-order valence-electron chi connectivity index (χ3n) is 3.17. The molecule has 0 radical (unpaired) electrons. The van der Waals surface area contributed by atoms with E-state index in [1.54, 1.807) is 6.07 Å². The second kappa shape index (κ2) is 6.04. The standard InChI is InChI=1S/C13H16BrClN2O/c14-12-7-10(15)4-3-9(12)6-13(18)17-5-1-2-11(16)8-17/h3-4,7,11H,1-2,5-6,8,16H2/t11-/m1/s1. The summed E-state index contributed by atoms with van der Waals surface area (Å²) in [6.07, 6.45) is 2.40. The number of hydrogen-bond donors (Lipinski definition) is 1. The molecule has 0 saturated carbocycles. The molecule has 98 valence electrons. The highest BCUT2D eigenvalue weighted by molar-refractivity contribution is 9.10. The zero-order valence-corrected chi connectivity index (χ0v) is 12.4. The van der Waals surface area contributed by atoms with E-state index >= 15 is 0 Å². The highest BCUT2D eigenvalue weighted by Crippen LogP contribution is 2.22. The highest BCUT2D eigenvalue weighted by Gasteiger charge is 2.21. The summed E-state index contributed by atoms with van der Waals surface area (Å²) in [5, 5.41) is 0.665. The average Bonchev–Trinajstić information content (AvgIpc) is 2.32. The summed E-state index contributed by atoms with van der Waals surface area (Å²) in [4.78, 5) is 14.0. The lowest BCUT2D eigenvalue weighted by molar-refractivity contribution is -0.131. The van der Waals surface area contributed by atoms with Crippen LogP contribution in [-0.2, 0) is 11.2 Å². The van der Waals surface area contributed by atoms with Gasteiger partial charge in [0, 0.05) is 28.6 Å². The largest absolute Gasteiger partial charge is 0.341 e. The summed E-state index contributed by atoms with van der Waals surface area (Å²) in [6, 6.07) is 5.62. The van der Waals surface area contributed by atoms with Gasteiger partial charge in [-0.2, -0.15) is 0 Å². The normalized spacial score (nSPS) is 19.9. The summed E-state index contributed by atoms with van der Waals surface area (Å²) >= 11 is 9.31. The van der Waals surface area contributed by atoms with Gasteiger partial charge in [0.15, 0.2) is 0 Å². The minimum atomic E-state index is 0.122. The first-order chi connectivity index (χ1) is 8.56. The van der Waals surface area contributed by atoms with Crippen LogP contribution in [-0.4, -0.2) is 29.9 Å². The van der Waals surface area contributed by atoms with E-state index in [1.807, 2.05) is 17.0 Å². The zero-order chi connectivity index (χ0) is 13.1. The summed E-state index contributed by atoms with van der Waals surface area (Å²) in [5.41, 5.74) is 6.85. The Balaban J connectivity index is 2.02. The van der Waals surface area contributed by atoms with E-state index in [0.717, 1.165) is 29.4 Å². The fourth-order valence-electron chi connectivity index (χ4n) is 2.18. The first-order valence-electron chi connectivity index (χ1n) is 6.03. The molecule has 1 atom stereocenters. The Kier molecular flexibility index (Phi) is 4.65. The third kappa shape index (κ3) is 3.46. The summed E-state index contributed by atoms with van der Waals surface area (Å²) in [6.45, 7) is 1.49. The third-order valence-corrected chi connectivity index (χ3v) is 4.14. The highest BCUT2D eigenvalue weighted by atomic mass is 79.9. The van der Waals surface area contributed by atoms with Gasteiger partial charge in [-0.15, -0.1) is 0 Å². The van der Waals surface area contributed by atoms with Crippen LogP contribution in [0.25, 0.3) is 0 Å². The number of hydrogen-bond acceptors (Lipinski definition) is 2. The molecule has 0 aliphatic carbocycles. The Hall–Kier alpha value is -0.580. The number of nitrogens with zero attached hydrogens (tertiary/aromatic N) is 1. The molecule has 1 amide bonds. The van der Waals surface area contributed by atoms with E-state index in [-0.39, 0.29) is 11.9 Å². The van der Waals surface area contributed by atoms with E-state index in [2.05, 4.69) is 15.9 Å². The molecule has 3 nitrogen and oxygen atoms in total. The van der Waals surface area contributed by atoms with Crippen molar-refractivity contribution in [2.75, 3.05) is 13.1 Å². The van der Waals surface area contributed by atoms with Gasteiger partial charge in [0.2, 0.25) is 5.91 Å². The average molecular weight is 332 g/mol. The van der Waals surface area contributed by atoms with E-state index < -0.39 is 0 Å². The summed E-state index contributed by atoms with van der Waals surface area (Å²) in [7, 11) is 0. The van der Waals surface area contributed by atoms with Gasteiger partial charge in [-0.05, 0) is 30.5 Å². The van der Waals surface area contributed by atoms with Crippen molar-refractivity contribution in [3.8, 4) is 0 Å². The van der Waals surface area contributed by atoms with Crippen molar-refractivity contribution in [2.24, 2.45) is 5.73 Å². The molecule has 1 aromatic carbocycles. The maximum absolute atomic E-state index is 12.2. The van der Waals surface area contributed by atoms with Gasteiger partial charge in [-0.3, -0.25) is 4.79 Å². The molecule has 0 unspecified atom stereocenters. The molecule has 0 bridgehead atoms. The van der Waals surface area contributed by atoms with Crippen molar-refractivity contribution in [1.82, 2.24) is 4.90 Å². The maximum Gasteiger partial charge on any atom is 0.227 e. The SMILES string of the molecule is N[C@@H]1CCCN(C(=O)Cc2ccc(Cl)cc2Br)C1. The number of likely N-dealkylation sites (tertiary alicyclic amines) is 1. The lowest BCUT2D eigenvalue weighted by atomic mass is 10.1. The molecule has 5 heteroatoms. The van der Waals surface area contributed by atoms with Crippen molar-refractivity contribution < 1.29 is 4.79 Å². The predicted molar refractivity (Wildman–Crippen MR) is 76.6 cm³/mol. The molecule has 1 fully saturated rings. The van der Waals surface area contributed by atoms with Gasteiger partial charge < -0.3 is 10.6 Å². The molecule has 1 aliphatic rings. The molecule has 1 saturated heterocycles. The maximum atomic E-state index is 12.2. The Morgan fingerprint density at radius 2 is 2.33 bits per heavy atom. The van der Waals surface area contributed by atoms with Crippen molar-refractivity contribution in [1.29, 1.82) is 0 Å². The molecule has 2 N–H and O–H groups in total. The number of carbonyl (C=O) groups is 1. The number of rotatable bonds is 2. The molecule has 2 rings (SSSR count). The van der Waals surface area contributed by atoms with Crippen LogP contribution >= 0.6 is 27.5 Å². The fraction of sp³-hybridized carbons (Fsp3) is 0.462. The van der Waals surface area contributed by atoms with Gasteiger partial charge in [-0.1, -0.05) is 33.6 Å². The van der Waals surface area contributed by atoms with Crippen LogP contribution in [0.1, 0.15) is 18.4 Å². The first-order valence-corrected chi connectivity index (χ1v) is 7.20. The van der Waals surface area contributed by atoms with E-state index in [1.165, 1.54) is 0 Å². The fourth-order valence-corrected chi connectivity index (χ4v) is 3.00. The topological polar surface area (TPSA) is 46.3 Å². The molecule has 18 heavy (non-hydrogen) atoms. The smallest absolute Gasteiger partial charge is 0.227 e. The zero-order valence-electron chi connectivity index (χ0n) is 10.0. The van der Waals surface area contributed by atoms with Gasteiger partial charge in [0.1, 0.15) is 0 Å². The van der Waals surface area contributed by atoms with Crippen LogP contribution in [0.3, 0.4) is 0 Å². The number of carbonyl (C=O) groups excluding carboxylic acids is 1. The number of piperidine rings is 1. The second-order valence-corrected chi connectivity index (χ2v) is 5.95. The predicted octanol–water partition coefficient (Wildman–Crippen LogP) is 2.59. The Bertz CT molecular complexity index is 453. The van der Waals surface area contributed by atoms with Crippen LogP contribution in [0.4, 0.5) is 0 Å². The minimum Gasteiger partial charge on any atom is -0.341 e. The molecule has 1 aliphatic heterocycles. The molecule has 1 aromatic rings. The van der Waals surface area contributed by atoms with Gasteiger partial charge >= 0.3 is 0 Å². The van der Waals surface area contributed by atoms with Crippen LogP contribution < -0.4 is 5.73 Å². The lowest BCUT2D eigenvalue weighted by Gasteiger charge is -2.31. The Morgan fingerprint density at radius 3 is 3.00 bits per heavy atom. The summed E-state index contributed by atoms with van der Waals surface area (Å²) < 4.78 is 0.879. The number of benzene rings is 1. The van der Waals surface area contributed by atoms with E-state index in [4.69, 9.17) is 17.3 Å². The van der Waals surface area contributed by atoms with Crippen molar-refractivity contribution in [2.45, 2.75) is 25.3 Å². The van der Waals surface area contributed by atoms with Gasteiger partial charge in [0.05, 0.1) is 6.42 Å². The van der Waals surface area contributed by atoms with Crippen LogP contribution in [0.2, 0.25) is 5.02 Å². The second-order valence-electron chi connectivity index (χ2n) is 4.65. The Morgan fingerprint density at radius 1 is 1.56 bits per heavy atom. The van der Waals surface area contributed by atoms with Gasteiger partial charge in [-0.25, -0.2) is 0 Å². The number of halogens is 2. The molecule has 0 spiro atoms. The van der Waals surface area contributed by atoms with E-state index in [9.17, 15) is 4.79 Å². The summed E-state index contributed by atoms with van der Waals surface area (Å²) in [5.74, 6) is 0.133. The quantitative estimate of drug-likeness (QED) is 0.905. The molecule has 1 heterocycles. The van der Waals surface area contributed by atoms with Crippen molar-refractivity contribution in [3.05, 3.63) is 33.3 Å².